The molecule has 0 unspecified atom stereocenters. The molecule has 1 amide bonds. The first-order valence-electron chi connectivity index (χ1n) is 6.87. The summed E-state index contributed by atoms with van der Waals surface area (Å²) in [5.41, 5.74) is 0.888. The van der Waals surface area contributed by atoms with Gasteiger partial charge in [-0.2, -0.15) is 5.10 Å². The van der Waals surface area contributed by atoms with Gasteiger partial charge in [0.05, 0.1) is 11.9 Å². The minimum atomic E-state index is -0.246. The Hall–Kier alpha value is -1.52. The molecule has 0 aliphatic heterocycles. The van der Waals surface area contributed by atoms with E-state index in [1.54, 1.807) is 11.1 Å². The van der Waals surface area contributed by atoms with Crippen molar-refractivity contribution in [3.8, 4) is 0 Å². The van der Waals surface area contributed by atoms with Gasteiger partial charge in [-0.3, -0.25) is 9.48 Å². The third-order valence-electron chi connectivity index (χ3n) is 3.06. The van der Waals surface area contributed by atoms with Crippen molar-refractivity contribution in [2.24, 2.45) is 5.92 Å². The molecule has 19 heavy (non-hydrogen) atoms. The van der Waals surface area contributed by atoms with Crippen molar-refractivity contribution in [1.29, 1.82) is 0 Å². The minimum Gasteiger partial charge on any atom is -0.371 e. The molecule has 1 aromatic rings. The van der Waals surface area contributed by atoms with Crippen LogP contribution < -0.4 is 5.32 Å². The van der Waals surface area contributed by atoms with Gasteiger partial charge in [0, 0.05) is 25.8 Å². The van der Waals surface area contributed by atoms with Crippen LogP contribution in [0.2, 0.25) is 0 Å². The number of amides is 1. The summed E-state index contributed by atoms with van der Waals surface area (Å²) >= 11 is 0. The van der Waals surface area contributed by atoms with Gasteiger partial charge in [-0.25, -0.2) is 0 Å². The number of hydrogen-bond acceptors (Lipinski definition) is 3. The van der Waals surface area contributed by atoms with E-state index < -0.39 is 0 Å². The smallest absolute Gasteiger partial charge is 0.244 e. The lowest BCUT2D eigenvalue weighted by Crippen LogP contribution is -2.42. The summed E-state index contributed by atoms with van der Waals surface area (Å²) in [7, 11) is 1.83. The summed E-state index contributed by atoms with van der Waals surface area (Å²) < 4.78 is 1.90. The van der Waals surface area contributed by atoms with Crippen LogP contribution >= 0.6 is 0 Å². The molecule has 1 rings (SSSR count). The summed E-state index contributed by atoms with van der Waals surface area (Å²) in [6, 6.07) is -0.0375. The van der Waals surface area contributed by atoms with Crippen LogP contribution in [0.5, 0.6) is 0 Å². The molecule has 0 aliphatic rings. The number of rotatable bonds is 6. The summed E-state index contributed by atoms with van der Waals surface area (Å²) in [4.78, 5) is 13.9. The first kappa shape index (κ1) is 15.5. The largest absolute Gasteiger partial charge is 0.371 e. The van der Waals surface area contributed by atoms with E-state index in [1.807, 2.05) is 38.7 Å². The molecule has 108 valence electrons. The van der Waals surface area contributed by atoms with Crippen molar-refractivity contribution in [3.63, 3.8) is 0 Å². The Morgan fingerprint density at radius 1 is 1.37 bits per heavy atom. The van der Waals surface area contributed by atoms with Crippen molar-refractivity contribution in [1.82, 2.24) is 14.7 Å². The Morgan fingerprint density at radius 3 is 2.53 bits per heavy atom. The van der Waals surface area contributed by atoms with Crippen LogP contribution in [0.3, 0.4) is 0 Å². The van der Waals surface area contributed by atoms with E-state index in [0.29, 0.717) is 5.92 Å². The fraction of sp³-hybridized carbons (Fsp3) is 0.714. The molecule has 1 N–H and O–H groups in total. The van der Waals surface area contributed by atoms with Crippen molar-refractivity contribution in [3.05, 3.63) is 12.4 Å². The monoisotopic (exact) mass is 266 g/mol. The molecule has 5 nitrogen and oxygen atoms in total. The van der Waals surface area contributed by atoms with E-state index >= 15 is 0 Å². The molecule has 0 spiro atoms. The van der Waals surface area contributed by atoms with E-state index in [2.05, 4.69) is 24.3 Å². The summed E-state index contributed by atoms with van der Waals surface area (Å²) in [5, 5.41) is 7.47. The van der Waals surface area contributed by atoms with Gasteiger partial charge in [0.1, 0.15) is 6.04 Å². The number of anilines is 1. The quantitative estimate of drug-likeness (QED) is 0.859. The highest BCUT2D eigenvalue weighted by Crippen LogP contribution is 2.10. The molecule has 0 saturated heterocycles. The fourth-order valence-electron chi connectivity index (χ4n) is 1.78. The van der Waals surface area contributed by atoms with E-state index in [1.165, 1.54) is 0 Å². The number of hydrogen-bond donors (Lipinski definition) is 1. The average molecular weight is 266 g/mol. The van der Waals surface area contributed by atoms with Crippen LogP contribution in [0.1, 0.15) is 34.6 Å². The van der Waals surface area contributed by atoms with Gasteiger partial charge in [-0.05, 0) is 26.7 Å². The summed E-state index contributed by atoms with van der Waals surface area (Å²) in [6.07, 6.45) is 3.71. The van der Waals surface area contributed by atoms with Crippen molar-refractivity contribution in [2.75, 3.05) is 12.4 Å². The predicted molar refractivity (Wildman–Crippen MR) is 78.1 cm³/mol. The standard InChI is InChI=1S/C14H26N4O/c1-10(2)8-18-9-13(7-15-18)16-12(5)14(19)17(6)11(3)4/h7,9-12,16H,8H2,1-6H3/t12-/m0/s1. The highest BCUT2D eigenvalue weighted by atomic mass is 16.2. The zero-order chi connectivity index (χ0) is 14.6. The van der Waals surface area contributed by atoms with Gasteiger partial charge < -0.3 is 10.2 Å². The number of nitrogens with zero attached hydrogens (tertiary/aromatic N) is 3. The second kappa shape index (κ2) is 6.59. The average Bonchev–Trinajstić information content (AvgIpc) is 2.73. The second-order valence-electron chi connectivity index (χ2n) is 5.75. The van der Waals surface area contributed by atoms with Crippen molar-refractivity contribution < 1.29 is 4.79 Å². The van der Waals surface area contributed by atoms with Crippen LogP contribution in [0.15, 0.2) is 12.4 Å². The first-order chi connectivity index (χ1) is 8.81. The van der Waals surface area contributed by atoms with Gasteiger partial charge >= 0.3 is 0 Å². The molecule has 5 heteroatoms. The first-order valence-corrected chi connectivity index (χ1v) is 6.87. The van der Waals surface area contributed by atoms with Crippen molar-refractivity contribution >= 4 is 11.6 Å². The van der Waals surface area contributed by atoms with Crippen LogP contribution in [0, 0.1) is 5.92 Å². The lowest BCUT2D eigenvalue weighted by atomic mass is 10.2. The van der Waals surface area contributed by atoms with Crippen LogP contribution in [-0.2, 0) is 11.3 Å². The molecular weight excluding hydrogens is 240 g/mol. The zero-order valence-electron chi connectivity index (χ0n) is 12.8. The lowest BCUT2D eigenvalue weighted by Gasteiger charge is -2.25. The Kier molecular flexibility index (Phi) is 5.39. The van der Waals surface area contributed by atoms with Gasteiger partial charge in [-0.15, -0.1) is 0 Å². The van der Waals surface area contributed by atoms with E-state index in [9.17, 15) is 4.79 Å². The van der Waals surface area contributed by atoms with E-state index in [-0.39, 0.29) is 18.0 Å². The fourth-order valence-corrected chi connectivity index (χ4v) is 1.78. The van der Waals surface area contributed by atoms with Crippen LogP contribution in [0.25, 0.3) is 0 Å². The lowest BCUT2D eigenvalue weighted by molar-refractivity contribution is -0.131. The molecule has 0 fully saturated rings. The van der Waals surface area contributed by atoms with Gasteiger partial charge in [0.25, 0.3) is 0 Å². The molecule has 0 aliphatic carbocycles. The van der Waals surface area contributed by atoms with Crippen LogP contribution in [-0.4, -0.2) is 39.7 Å². The van der Waals surface area contributed by atoms with Gasteiger partial charge in [0.2, 0.25) is 5.91 Å². The van der Waals surface area contributed by atoms with E-state index in [0.717, 1.165) is 12.2 Å². The molecule has 1 atom stereocenters. The van der Waals surface area contributed by atoms with Crippen LogP contribution in [0.4, 0.5) is 5.69 Å². The third kappa shape index (κ3) is 4.58. The predicted octanol–water partition coefficient (Wildman–Crippen LogP) is 2.21. The summed E-state index contributed by atoms with van der Waals surface area (Å²) in [6.45, 7) is 11.1. The number of nitrogens with one attached hydrogen (secondary N) is 1. The Bertz CT molecular complexity index is 411. The highest BCUT2D eigenvalue weighted by molar-refractivity contribution is 5.84. The molecule has 0 saturated carbocycles. The SMILES string of the molecule is CC(C)Cn1cc(N[C@@H](C)C(=O)N(C)C(C)C)cn1. The summed E-state index contributed by atoms with van der Waals surface area (Å²) in [5.74, 6) is 0.644. The Balaban J connectivity index is 2.59. The highest BCUT2D eigenvalue weighted by Gasteiger charge is 2.19. The molecule has 0 bridgehead atoms. The maximum atomic E-state index is 12.1. The number of likely N-dealkylation sites (N-methyl/N-ethyl adjacent to an activating group) is 1. The molecule has 1 heterocycles. The van der Waals surface area contributed by atoms with Gasteiger partial charge in [0.15, 0.2) is 0 Å². The third-order valence-corrected chi connectivity index (χ3v) is 3.06. The van der Waals surface area contributed by atoms with Crippen molar-refractivity contribution in [2.45, 2.75) is 53.2 Å². The normalized spacial score (nSPS) is 12.8. The molecular formula is C14H26N4O. The molecule has 0 aromatic carbocycles. The topological polar surface area (TPSA) is 50.2 Å². The second-order valence-corrected chi connectivity index (χ2v) is 5.75. The van der Waals surface area contributed by atoms with E-state index in [4.69, 9.17) is 0 Å². The zero-order valence-corrected chi connectivity index (χ0v) is 12.8. The number of aromatic nitrogens is 2. The minimum absolute atomic E-state index is 0.0895. The maximum absolute atomic E-state index is 12.1. The maximum Gasteiger partial charge on any atom is 0.244 e. The molecule has 1 aromatic heterocycles. The Labute approximate surface area is 116 Å². The van der Waals surface area contributed by atoms with Gasteiger partial charge in [-0.1, -0.05) is 13.8 Å². The number of carbonyl (C=O) groups excluding carboxylic acids is 1. The number of carbonyl (C=O) groups is 1. The molecule has 0 radical (unpaired) electrons. The Morgan fingerprint density at radius 2 is 2.00 bits per heavy atom.